The summed E-state index contributed by atoms with van der Waals surface area (Å²) in [6.07, 6.45) is 3.62. The molecule has 7 nitrogen and oxygen atoms in total. The molecule has 0 fully saturated rings. The minimum absolute atomic E-state index is 0.142. The number of methoxy groups -OCH3 is 1. The summed E-state index contributed by atoms with van der Waals surface area (Å²) in [7, 11) is 1.61. The smallest absolute Gasteiger partial charge is 0.294 e. The van der Waals surface area contributed by atoms with Crippen LogP contribution in [0.5, 0.6) is 5.75 Å². The predicted octanol–water partition coefficient (Wildman–Crippen LogP) is 3.85. The number of benzene rings is 2. The largest absolute Gasteiger partial charge is 0.497 e. The van der Waals surface area contributed by atoms with Crippen LogP contribution in [0.2, 0.25) is 0 Å². The number of nitrogens with one attached hydrogen (secondary N) is 1. The lowest BCUT2D eigenvalue weighted by molar-refractivity contribution is 0.0988. The molecular formula is C21H18N4O3. The van der Waals surface area contributed by atoms with Gasteiger partial charge in [0.05, 0.1) is 13.7 Å². The molecule has 0 saturated heterocycles. The standard InChI is InChI=1S/C21H18N4O3/c1-27-18-8-6-16(7-9-18)19-13-20(28-24-19)21(26)23-17-5-2-4-15(12-17)14-25-11-3-10-22-25/h2-13H,14H2,1H3,(H,23,26). The lowest BCUT2D eigenvalue weighted by Gasteiger charge is -2.06. The molecule has 7 heteroatoms. The van der Waals surface area contributed by atoms with Gasteiger partial charge in [0.2, 0.25) is 5.76 Å². The Morgan fingerprint density at radius 2 is 2.00 bits per heavy atom. The first-order valence-electron chi connectivity index (χ1n) is 8.70. The maximum absolute atomic E-state index is 12.5. The van der Waals surface area contributed by atoms with Gasteiger partial charge >= 0.3 is 0 Å². The van der Waals surface area contributed by atoms with E-state index in [4.69, 9.17) is 9.26 Å². The molecule has 1 amide bonds. The number of nitrogens with zero attached hydrogens (tertiary/aromatic N) is 3. The number of rotatable bonds is 6. The summed E-state index contributed by atoms with van der Waals surface area (Å²) in [5.41, 5.74) is 3.13. The van der Waals surface area contributed by atoms with Gasteiger partial charge in [0.25, 0.3) is 5.91 Å². The molecule has 0 aliphatic rings. The van der Waals surface area contributed by atoms with Crippen molar-refractivity contribution in [1.29, 1.82) is 0 Å². The van der Waals surface area contributed by atoms with Gasteiger partial charge in [-0.25, -0.2) is 0 Å². The maximum atomic E-state index is 12.5. The first-order valence-corrected chi connectivity index (χ1v) is 8.70. The quantitative estimate of drug-likeness (QED) is 0.554. The molecule has 0 bridgehead atoms. The molecule has 0 aliphatic heterocycles. The molecule has 0 saturated carbocycles. The van der Waals surface area contributed by atoms with Crippen molar-refractivity contribution in [2.24, 2.45) is 0 Å². The van der Waals surface area contributed by atoms with E-state index < -0.39 is 0 Å². The van der Waals surface area contributed by atoms with E-state index in [9.17, 15) is 4.79 Å². The molecule has 1 N–H and O–H groups in total. The van der Waals surface area contributed by atoms with Gasteiger partial charge in [0.1, 0.15) is 11.4 Å². The minimum Gasteiger partial charge on any atom is -0.497 e. The summed E-state index contributed by atoms with van der Waals surface area (Å²) >= 11 is 0. The number of hydrogen-bond acceptors (Lipinski definition) is 5. The average Bonchev–Trinajstić information content (AvgIpc) is 3.40. The zero-order chi connectivity index (χ0) is 19.3. The van der Waals surface area contributed by atoms with Crippen molar-refractivity contribution in [3.8, 4) is 17.0 Å². The van der Waals surface area contributed by atoms with Crippen molar-refractivity contribution in [1.82, 2.24) is 14.9 Å². The van der Waals surface area contributed by atoms with Crippen LogP contribution in [-0.2, 0) is 6.54 Å². The summed E-state index contributed by atoms with van der Waals surface area (Å²) in [6.45, 7) is 0.626. The zero-order valence-corrected chi connectivity index (χ0v) is 15.2. The van der Waals surface area contributed by atoms with Crippen LogP contribution in [0.25, 0.3) is 11.3 Å². The van der Waals surface area contributed by atoms with Crippen molar-refractivity contribution in [3.63, 3.8) is 0 Å². The molecule has 28 heavy (non-hydrogen) atoms. The first kappa shape index (κ1) is 17.5. The van der Waals surface area contributed by atoms with Crippen molar-refractivity contribution in [2.75, 3.05) is 12.4 Å². The molecule has 2 heterocycles. The predicted molar refractivity (Wildman–Crippen MR) is 104 cm³/mol. The molecule has 0 aliphatic carbocycles. The summed E-state index contributed by atoms with van der Waals surface area (Å²) in [4.78, 5) is 12.5. The molecule has 4 aromatic rings. The lowest BCUT2D eigenvalue weighted by Crippen LogP contribution is -2.11. The van der Waals surface area contributed by atoms with Crippen molar-refractivity contribution < 1.29 is 14.1 Å². The second-order valence-corrected chi connectivity index (χ2v) is 6.16. The Morgan fingerprint density at radius 1 is 1.14 bits per heavy atom. The summed E-state index contributed by atoms with van der Waals surface area (Å²) in [5, 5.41) is 11.0. The van der Waals surface area contributed by atoms with Crippen LogP contribution in [0.4, 0.5) is 5.69 Å². The van der Waals surface area contributed by atoms with Crippen molar-refractivity contribution in [3.05, 3.63) is 84.4 Å². The van der Waals surface area contributed by atoms with E-state index in [1.807, 2.05) is 65.5 Å². The van der Waals surface area contributed by atoms with E-state index in [0.29, 0.717) is 17.9 Å². The van der Waals surface area contributed by atoms with E-state index in [1.54, 1.807) is 19.4 Å². The Labute approximate surface area is 161 Å². The normalized spacial score (nSPS) is 10.6. The topological polar surface area (TPSA) is 82.2 Å². The lowest BCUT2D eigenvalue weighted by atomic mass is 10.1. The molecule has 2 aromatic carbocycles. The van der Waals surface area contributed by atoms with E-state index in [-0.39, 0.29) is 11.7 Å². The van der Waals surface area contributed by atoms with Crippen LogP contribution in [-0.4, -0.2) is 28.0 Å². The van der Waals surface area contributed by atoms with Crippen molar-refractivity contribution >= 4 is 11.6 Å². The Balaban J connectivity index is 1.46. The number of carbonyl (C=O) groups excluding carboxylic acids is 1. The van der Waals surface area contributed by atoms with Gasteiger partial charge in [0.15, 0.2) is 0 Å². The fraction of sp³-hybridized carbons (Fsp3) is 0.0952. The van der Waals surface area contributed by atoms with Crippen LogP contribution in [0, 0.1) is 0 Å². The molecule has 0 atom stereocenters. The second kappa shape index (κ2) is 7.79. The highest BCUT2D eigenvalue weighted by atomic mass is 16.5. The van der Waals surface area contributed by atoms with Crippen molar-refractivity contribution in [2.45, 2.75) is 6.54 Å². The highest BCUT2D eigenvalue weighted by molar-refractivity contribution is 6.02. The summed E-state index contributed by atoms with van der Waals surface area (Å²) < 4.78 is 12.2. The van der Waals surface area contributed by atoms with E-state index in [0.717, 1.165) is 16.9 Å². The third-order valence-corrected chi connectivity index (χ3v) is 4.21. The van der Waals surface area contributed by atoms with Gasteiger partial charge in [-0.2, -0.15) is 5.10 Å². The van der Waals surface area contributed by atoms with Gasteiger partial charge in [-0.1, -0.05) is 17.3 Å². The highest BCUT2D eigenvalue weighted by Crippen LogP contribution is 2.22. The van der Waals surface area contributed by atoms with Gasteiger partial charge in [-0.15, -0.1) is 0 Å². The fourth-order valence-electron chi connectivity index (χ4n) is 2.80. The molecular weight excluding hydrogens is 356 g/mol. The SMILES string of the molecule is COc1ccc(-c2cc(C(=O)Nc3cccc(Cn4cccn4)c3)on2)cc1. The molecule has 140 valence electrons. The maximum Gasteiger partial charge on any atom is 0.294 e. The Bertz CT molecular complexity index is 1070. The highest BCUT2D eigenvalue weighted by Gasteiger charge is 2.14. The average molecular weight is 374 g/mol. The molecule has 0 unspecified atom stereocenters. The number of hydrogen-bond donors (Lipinski definition) is 1. The van der Waals surface area contributed by atoms with Crippen LogP contribution in [0.1, 0.15) is 16.1 Å². The van der Waals surface area contributed by atoms with Crippen LogP contribution in [0.3, 0.4) is 0 Å². The number of carbonyl (C=O) groups is 1. The Kier molecular flexibility index (Phi) is 4.88. The number of aromatic nitrogens is 3. The summed E-state index contributed by atoms with van der Waals surface area (Å²) in [6, 6.07) is 18.5. The van der Waals surface area contributed by atoms with E-state index in [1.165, 1.54) is 0 Å². The molecule has 0 spiro atoms. The van der Waals surface area contributed by atoms with Gasteiger partial charge in [-0.3, -0.25) is 9.48 Å². The van der Waals surface area contributed by atoms with Crippen LogP contribution >= 0.6 is 0 Å². The van der Waals surface area contributed by atoms with Gasteiger partial charge < -0.3 is 14.6 Å². The minimum atomic E-state index is -0.358. The van der Waals surface area contributed by atoms with E-state index in [2.05, 4.69) is 15.6 Å². The first-order chi connectivity index (χ1) is 13.7. The van der Waals surface area contributed by atoms with Gasteiger partial charge in [-0.05, 0) is 48.0 Å². The molecule has 4 rings (SSSR count). The number of ether oxygens (including phenoxy) is 1. The third-order valence-electron chi connectivity index (χ3n) is 4.21. The number of anilines is 1. The molecule has 0 radical (unpaired) electrons. The Hall–Kier alpha value is -3.87. The number of amides is 1. The van der Waals surface area contributed by atoms with Crippen LogP contribution < -0.4 is 10.1 Å². The van der Waals surface area contributed by atoms with Gasteiger partial charge in [0, 0.05) is 29.7 Å². The third kappa shape index (κ3) is 3.93. The zero-order valence-electron chi connectivity index (χ0n) is 15.2. The molecule has 2 aromatic heterocycles. The monoisotopic (exact) mass is 374 g/mol. The fourth-order valence-corrected chi connectivity index (χ4v) is 2.80. The van der Waals surface area contributed by atoms with E-state index >= 15 is 0 Å². The Morgan fingerprint density at radius 3 is 2.75 bits per heavy atom. The second-order valence-electron chi connectivity index (χ2n) is 6.16. The van der Waals surface area contributed by atoms with Crippen LogP contribution in [0.15, 0.2) is 77.6 Å². The summed E-state index contributed by atoms with van der Waals surface area (Å²) in [5.74, 6) is 0.534.